The molecule has 0 spiro atoms. The predicted octanol–water partition coefficient (Wildman–Crippen LogP) is 2.96. The van der Waals surface area contributed by atoms with E-state index in [0.29, 0.717) is 5.78 Å². The maximum Gasteiger partial charge on any atom is 0.148 e. The van der Waals surface area contributed by atoms with Gasteiger partial charge in [0.2, 0.25) is 0 Å². The number of rotatable bonds is 0. The zero-order chi connectivity index (χ0) is 9.91. The molecule has 2 bridgehead atoms. The van der Waals surface area contributed by atoms with Gasteiger partial charge >= 0.3 is 0 Å². The lowest BCUT2D eigenvalue weighted by Gasteiger charge is -2.54. The maximum absolute atomic E-state index is 12.2. The number of hydrogen-bond acceptors (Lipinski definition) is 1. The highest BCUT2D eigenvalue weighted by Gasteiger charge is 2.57. The summed E-state index contributed by atoms with van der Waals surface area (Å²) in [6.45, 7) is 8.47. The van der Waals surface area contributed by atoms with E-state index in [1.165, 1.54) is 0 Å². The van der Waals surface area contributed by atoms with Gasteiger partial charge < -0.3 is 0 Å². The van der Waals surface area contributed by atoms with Crippen LogP contribution in [0.5, 0.6) is 0 Å². The maximum atomic E-state index is 12.2. The second kappa shape index (κ2) is 2.08. The van der Waals surface area contributed by atoms with Crippen LogP contribution < -0.4 is 0 Å². The summed E-state index contributed by atoms with van der Waals surface area (Å²) < 4.78 is 0. The standard InChI is InChI=1S/C12H18O/c1-10(2)9(13)11(3)5-7-12(10,4)8-6-11/h5,7H,6,8H2,1-4H3. The molecular formula is C12H18O. The number of Topliss-reactive ketones (excluding diaryl/α,β-unsaturated/α-hetero) is 1. The molecule has 3 aliphatic rings. The van der Waals surface area contributed by atoms with E-state index < -0.39 is 0 Å². The first-order valence-corrected chi connectivity index (χ1v) is 5.07. The highest BCUT2D eigenvalue weighted by atomic mass is 16.1. The minimum Gasteiger partial charge on any atom is -0.298 e. The first kappa shape index (κ1) is 8.98. The molecule has 0 amide bonds. The molecule has 1 heteroatoms. The molecule has 0 aromatic heterocycles. The second-order valence-electron chi connectivity index (χ2n) is 5.62. The Morgan fingerprint density at radius 2 is 1.69 bits per heavy atom. The summed E-state index contributed by atoms with van der Waals surface area (Å²) in [6, 6.07) is 0. The minimum absolute atomic E-state index is 0.0991. The number of carbonyl (C=O) groups is 1. The molecule has 2 unspecified atom stereocenters. The van der Waals surface area contributed by atoms with Crippen molar-refractivity contribution in [1.82, 2.24) is 0 Å². The number of hydrogen-bond donors (Lipinski definition) is 0. The van der Waals surface area contributed by atoms with Gasteiger partial charge in [-0.15, -0.1) is 0 Å². The van der Waals surface area contributed by atoms with Crippen LogP contribution in [0.15, 0.2) is 12.2 Å². The number of fused-ring (bicyclic) bond motifs is 2. The molecule has 0 aliphatic heterocycles. The lowest BCUT2D eigenvalue weighted by molar-refractivity contribution is -0.147. The van der Waals surface area contributed by atoms with Crippen LogP contribution in [0, 0.1) is 16.2 Å². The third-order valence-electron chi connectivity index (χ3n) is 4.50. The largest absolute Gasteiger partial charge is 0.298 e. The summed E-state index contributed by atoms with van der Waals surface area (Å²) in [5, 5.41) is 0. The predicted molar refractivity (Wildman–Crippen MR) is 53.4 cm³/mol. The van der Waals surface area contributed by atoms with E-state index in [1.807, 2.05) is 0 Å². The Morgan fingerprint density at radius 3 is 2.08 bits per heavy atom. The Kier molecular flexibility index (Phi) is 1.43. The molecular weight excluding hydrogens is 160 g/mol. The summed E-state index contributed by atoms with van der Waals surface area (Å²) in [5.74, 6) is 0.427. The summed E-state index contributed by atoms with van der Waals surface area (Å²) in [5.41, 5.74) is -0.238. The Balaban J connectivity index is 2.59. The molecule has 3 aliphatic carbocycles. The third kappa shape index (κ3) is 0.853. The highest BCUT2D eigenvalue weighted by molar-refractivity contribution is 5.94. The van der Waals surface area contributed by atoms with E-state index >= 15 is 0 Å². The van der Waals surface area contributed by atoms with Crippen LogP contribution in [0.2, 0.25) is 0 Å². The average Bonchev–Trinajstić information content (AvgIpc) is 2.07. The number of ketones is 1. The first-order chi connectivity index (χ1) is 5.82. The zero-order valence-electron chi connectivity index (χ0n) is 8.98. The van der Waals surface area contributed by atoms with Crippen molar-refractivity contribution in [2.24, 2.45) is 16.2 Å². The molecule has 2 atom stereocenters. The van der Waals surface area contributed by atoms with Gasteiger partial charge in [-0.2, -0.15) is 0 Å². The van der Waals surface area contributed by atoms with Crippen molar-refractivity contribution in [2.75, 3.05) is 0 Å². The van der Waals surface area contributed by atoms with Gasteiger partial charge in [0.05, 0.1) is 0 Å². The van der Waals surface area contributed by atoms with Crippen molar-refractivity contribution < 1.29 is 4.79 Å². The van der Waals surface area contributed by atoms with Crippen molar-refractivity contribution in [3.8, 4) is 0 Å². The molecule has 3 rings (SSSR count). The van der Waals surface area contributed by atoms with Gasteiger partial charge in [-0.1, -0.05) is 32.9 Å². The van der Waals surface area contributed by atoms with Crippen LogP contribution in [-0.2, 0) is 4.79 Å². The molecule has 0 heterocycles. The molecule has 72 valence electrons. The molecule has 13 heavy (non-hydrogen) atoms. The molecule has 1 fully saturated rings. The van der Waals surface area contributed by atoms with E-state index in [4.69, 9.17) is 0 Å². The van der Waals surface area contributed by atoms with E-state index in [2.05, 4.69) is 39.8 Å². The van der Waals surface area contributed by atoms with Gasteiger partial charge in [0.1, 0.15) is 5.78 Å². The molecule has 0 aromatic rings. The highest BCUT2D eigenvalue weighted by Crippen LogP contribution is 2.58. The zero-order valence-corrected chi connectivity index (χ0v) is 8.98. The Labute approximate surface area is 80.2 Å². The van der Waals surface area contributed by atoms with E-state index in [1.54, 1.807) is 0 Å². The monoisotopic (exact) mass is 178 g/mol. The fourth-order valence-corrected chi connectivity index (χ4v) is 2.74. The SMILES string of the molecule is CC12C=CC(C)(CC1)C(C)(C)C2=O. The van der Waals surface area contributed by atoms with Crippen LogP contribution in [0.1, 0.15) is 40.5 Å². The van der Waals surface area contributed by atoms with Crippen molar-refractivity contribution >= 4 is 5.78 Å². The van der Waals surface area contributed by atoms with Crippen LogP contribution in [0.3, 0.4) is 0 Å². The van der Waals surface area contributed by atoms with E-state index in [9.17, 15) is 4.79 Å². The quantitative estimate of drug-likeness (QED) is 0.521. The molecule has 1 nitrogen and oxygen atoms in total. The van der Waals surface area contributed by atoms with Gasteiger partial charge in [-0.05, 0) is 25.2 Å². The van der Waals surface area contributed by atoms with Gasteiger partial charge in [0.25, 0.3) is 0 Å². The summed E-state index contributed by atoms with van der Waals surface area (Å²) in [6.07, 6.45) is 6.57. The Bertz CT molecular complexity index is 300. The Morgan fingerprint density at radius 1 is 1.08 bits per heavy atom. The topological polar surface area (TPSA) is 17.1 Å². The third-order valence-corrected chi connectivity index (χ3v) is 4.50. The van der Waals surface area contributed by atoms with Crippen molar-refractivity contribution in [3.63, 3.8) is 0 Å². The van der Waals surface area contributed by atoms with E-state index in [-0.39, 0.29) is 16.2 Å². The Hall–Kier alpha value is -0.590. The smallest absolute Gasteiger partial charge is 0.148 e. The van der Waals surface area contributed by atoms with Crippen molar-refractivity contribution in [1.29, 1.82) is 0 Å². The van der Waals surface area contributed by atoms with Crippen LogP contribution in [0.4, 0.5) is 0 Å². The number of allylic oxidation sites excluding steroid dienone is 2. The van der Waals surface area contributed by atoms with Gasteiger partial charge in [0, 0.05) is 10.8 Å². The molecule has 0 saturated heterocycles. The molecule has 0 N–H and O–H groups in total. The van der Waals surface area contributed by atoms with Crippen LogP contribution >= 0.6 is 0 Å². The van der Waals surface area contributed by atoms with Crippen molar-refractivity contribution in [3.05, 3.63) is 12.2 Å². The lowest BCUT2D eigenvalue weighted by Crippen LogP contribution is -2.54. The summed E-state index contributed by atoms with van der Waals surface area (Å²) >= 11 is 0. The average molecular weight is 178 g/mol. The van der Waals surface area contributed by atoms with Gasteiger partial charge in [0.15, 0.2) is 0 Å². The number of carbonyl (C=O) groups excluding carboxylic acids is 1. The summed E-state index contributed by atoms with van der Waals surface area (Å²) in [7, 11) is 0. The first-order valence-electron chi connectivity index (χ1n) is 5.07. The van der Waals surface area contributed by atoms with Gasteiger partial charge in [-0.25, -0.2) is 0 Å². The summed E-state index contributed by atoms with van der Waals surface area (Å²) in [4.78, 5) is 12.2. The molecule has 0 aromatic carbocycles. The van der Waals surface area contributed by atoms with Crippen molar-refractivity contribution in [2.45, 2.75) is 40.5 Å². The fraction of sp³-hybridized carbons (Fsp3) is 0.750. The minimum atomic E-state index is -0.172. The molecule has 1 saturated carbocycles. The fourth-order valence-electron chi connectivity index (χ4n) is 2.74. The van der Waals surface area contributed by atoms with Gasteiger partial charge in [-0.3, -0.25) is 4.79 Å². The van der Waals surface area contributed by atoms with Crippen LogP contribution in [0.25, 0.3) is 0 Å². The second-order valence-corrected chi connectivity index (χ2v) is 5.62. The molecule has 0 radical (unpaired) electrons. The van der Waals surface area contributed by atoms with Crippen LogP contribution in [-0.4, -0.2) is 5.78 Å². The normalized spacial score (nSPS) is 46.9. The lowest BCUT2D eigenvalue weighted by atomic mass is 9.47. The van der Waals surface area contributed by atoms with E-state index in [0.717, 1.165) is 12.8 Å².